The molecule has 1 unspecified atom stereocenters. The lowest BCUT2D eigenvalue weighted by atomic mass is 10.2. The average Bonchev–Trinajstić information content (AvgIpc) is 2.43. The van der Waals surface area contributed by atoms with Crippen molar-refractivity contribution in [3.63, 3.8) is 0 Å². The van der Waals surface area contributed by atoms with Crippen LogP contribution in [-0.4, -0.2) is 22.2 Å². The monoisotopic (exact) mass is 196 g/mol. The molecular weight excluding hydrogens is 180 g/mol. The van der Waals surface area contributed by atoms with Gasteiger partial charge < -0.3 is 11.5 Å². The highest BCUT2D eigenvalue weighted by molar-refractivity contribution is 5.82. The van der Waals surface area contributed by atoms with Crippen LogP contribution in [0.15, 0.2) is 0 Å². The smallest absolute Gasteiger partial charge is 0.251 e. The van der Waals surface area contributed by atoms with Gasteiger partial charge in [0.2, 0.25) is 0 Å². The third-order valence-electron chi connectivity index (χ3n) is 2.33. The Labute approximate surface area is 83.1 Å². The van der Waals surface area contributed by atoms with E-state index in [1.165, 1.54) is 4.68 Å². The van der Waals surface area contributed by atoms with Crippen molar-refractivity contribution in [3.05, 3.63) is 11.4 Å². The molecule has 1 atom stereocenters. The largest absolute Gasteiger partial charge is 0.396 e. The topological polar surface area (TPSA) is 86.9 Å². The number of aromatic nitrogens is 2. The summed E-state index contributed by atoms with van der Waals surface area (Å²) in [5, 5.41) is 4.07. The van der Waals surface area contributed by atoms with E-state index >= 15 is 0 Å². The number of hydrogen-bond donors (Lipinski definition) is 2. The van der Waals surface area contributed by atoms with Gasteiger partial charge >= 0.3 is 0 Å². The molecule has 0 spiro atoms. The molecule has 0 aliphatic heterocycles. The fraction of sp³-hybridized carbons (Fsp3) is 0.556. The standard InChI is InChI=1S/C9H16N4O/c1-5(4-10)9(14)13-7(3)8(11)6(2)12-13/h5H,4,10-11H2,1-3H3. The third kappa shape index (κ3) is 1.63. The molecule has 1 rings (SSSR count). The van der Waals surface area contributed by atoms with E-state index in [0.29, 0.717) is 23.6 Å². The highest BCUT2D eigenvalue weighted by atomic mass is 16.2. The van der Waals surface area contributed by atoms with Crippen molar-refractivity contribution in [1.29, 1.82) is 0 Å². The van der Waals surface area contributed by atoms with Crippen LogP contribution >= 0.6 is 0 Å². The molecule has 0 bridgehead atoms. The van der Waals surface area contributed by atoms with Gasteiger partial charge in [-0.2, -0.15) is 5.10 Å². The van der Waals surface area contributed by atoms with Crippen LogP contribution in [0.4, 0.5) is 5.69 Å². The number of carbonyl (C=O) groups is 1. The zero-order valence-corrected chi connectivity index (χ0v) is 8.74. The Kier molecular flexibility index (Phi) is 2.90. The molecule has 78 valence electrons. The summed E-state index contributed by atoms with van der Waals surface area (Å²) in [6.45, 7) is 5.64. The highest BCUT2D eigenvalue weighted by Crippen LogP contribution is 2.15. The van der Waals surface area contributed by atoms with Crippen LogP contribution in [0.1, 0.15) is 23.1 Å². The van der Waals surface area contributed by atoms with Gasteiger partial charge in [-0.1, -0.05) is 6.92 Å². The van der Waals surface area contributed by atoms with E-state index < -0.39 is 0 Å². The predicted octanol–water partition coefficient (Wildman–Crippen LogP) is 0.317. The van der Waals surface area contributed by atoms with Gasteiger partial charge in [0.05, 0.1) is 17.1 Å². The quantitative estimate of drug-likeness (QED) is 0.713. The third-order valence-corrected chi connectivity index (χ3v) is 2.33. The number of rotatable bonds is 2. The van der Waals surface area contributed by atoms with Crippen LogP contribution < -0.4 is 11.5 Å². The van der Waals surface area contributed by atoms with Gasteiger partial charge in [-0.05, 0) is 13.8 Å². The molecule has 1 aromatic rings. The van der Waals surface area contributed by atoms with Crippen LogP contribution in [0, 0.1) is 19.8 Å². The maximum atomic E-state index is 11.7. The molecule has 0 aromatic carbocycles. The minimum absolute atomic E-state index is 0.107. The normalized spacial score (nSPS) is 12.9. The van der Waals surface area contributed by atoms with E-state index in [2.05, 4.69) is 5.10 Å². The predicted molar refractivity (Wildman–Crippen MR) is 55.0 cm³/mol. The van der Waals surface area contributed by atoms with E-state index in [1.807, 2.05) is 0 Å². The van der Waals surface area contributed by atoms with Crippen LogP contribution in [0.2, 0.25) is 0 Å². The van der Waals surface area contributed by atoms with E-state index in [-0.39, 0.29) is 11.8 Å². The Balaban J connectivity index is 3.08. The lowest BCUT2D eigenvalue weighted by Gasteiger charge is -2.08. The number of nitrogens with zero attached hydrogens (tertiary/aromatic N) is 2. The van der Waals surface area contributed by atoms with Crippen LogP contribution in [-0.2, 0) is 0 Å². The molecule has 1 heterocycles. The molecule has 0 saturated heterocycles. The summed E-state index contributed by atoms with van der Waals surface area (Å²) >= 11 is 0. The van der Waals surface area contributed by atoms with Crippen molar-refractivity contribution >= 4 is 11.6 Å². The molecule has 0 saturated carbocycles. The molecule has 0 radical (unpaired) electrons. The van der Waals surface area contributed by atoms with Crippen molar-refractivity contribution in [1.82, 2.24) is 9.78 Å². The van der Waals surface area contributed by atoms with Gasteiger partial charge in [0, 0.05) is 12.5 Å². The molecule has 5 nitrogen and oxygen atoms in total. The van der Waals surface area contributed by atoms with Gasteiger partial charge in [0.1, 0.15) is 0 Å². The second kappa shape index (κ2) is 3.79. The lowest BCUT2D eigenvalue weighted by molar-refractivity contribution is 0.0830. The summed E-state index contributed by atoms with van der Waals surface area (Å²) in [4.78, 5) is 11.7. The number of carbonyl (C=O) groups excluding carboxylic acids is 1. The van der Waals surface area contributed by atoms with Crippen LogP contribution in [0.25, 0.3) is 0 Å². The molecule has 0 amide bonds. The first-order valence-corrected chi connectivity index (χ1v) is 4.55. The molecule has 0 aliphatic rings. The highest BCUT2D eigenvalue weighted by Gasteiger charge is 2.18. The molecule has 4 N–H and O–H groups in total. The van der Waals surface area contributed by atoms with Gasteiger partial charge in [0.25, 0.3) is 5.91 Å². The van der Waals surface area contributed by atoms with Gasteiger partial charge in [-0.25, -0.2) is 4.68 Å². The maximum absolute atomic E-state index is 11.7. The Bertz CT molecular complexity index is 356. The SMILES string of the molecule is Cc1nn(C(=O)C(C)CN)c(C)c1N. The minimum Gasteiger partial charge on any atom is -0.396 e. The minimum atomic E-state index is -0.229. The number of nitrogens with two attached hydrogens (primary N) is 2. The molecular formula is C9H16N4O. The molecule has 1 aromatic heterocycles. The van der Waals surface area contributed by atoms with Gasteiger partial charge in [-0.3, -0.25) is 4.79 Å². The summed E-state index contributed by atoms with van der Waals surface area (Å²) in [5.41, 5.74) is 13.1. The summed E-state index contributed by atoms with van der Waals surface area (Å²) in [6.07, 6.45) is 0. The fourth-order valence-corrected chi connectivity index (χ4v) is 1.18. The summed E-state index contributed by atoms with van der Waals surface area (Å²) < 4.78 is 1.34. The van der Waals surface area contributed by atoms with E-state index in [4.69, 9.17) is 11.5 Å². The van der Waals surface area contributed by atoms with Crippen molar-refractivity contribution < 1.29 is 4.79 Å². The Hall–Kier alpha value is -1.36. The Morgan fingerprint density at radius 3 is 2.50 bits per heavy atom. The van der Waals surface area contributed by atoms with Crippen molar-refractivity contribution in [3.8, 4) is 0 Å². The zero-order chi connectivity index (χ0) is 10.9. The maximum Gasteiger partial charge on any atom is 0.251 e. The first kappa shape index (κ1) is 10.7. The van der Waals surface area contributed by atoms with Crippen LogP contribution in [0.5, 0.6) is 0 Å². The molecule has 0 fully saturated rings. The Morgan fingerprint density at radius 2 is 2.14 bits per heavy atom. The number of aryl methyl sites for hydroxylation is 1. The first-order valence-electron chi connectivity index (χ1n) is 4.55. The summed E-state index contributed by atoms with van der Waals surface area (Å²) in [6, 6.07) is 0. The average molecular weight is 196 g/mol. The van der Waals surface area contributed by atoms with Crippen molar-refractivity contribution in [2.45, 2.75) is 20.8 Å². The van der Waals surface area contributed by atoms with Gasteiger partial charge in [-0.15, -0.1) is 0 Å². The molecule has 5 heteroatoms. The first-order chi connectivity index (χ1) is 6.49. The number of nitrogen functional groups attached to an aromatic ring is 1. The molecule has 0 aliphatic carbocycles. The second-order valence-corrected chi connectivity index (χ2v) is 3.47. The second-order valence-electron chi connectivity index (χ2n) is 3.47. The van der Waals surface area contributed by atoms with Crippen molar-refractivity contribution in [2.75, 3.05) is 12.3 Å². The van der Waals surface area contributed by atoms with E-state index in [1.54, 1.807) is 20.8 Å². The van der Waals surface area contributed by atoms with Crippen LogP contribution in [0.3, 0.4) is 0 Å². The summed E-state index contributed by atoms with van der Waals surface area (Å²) in [7, 11) is 0. The Morgan fingerprint density at radius 1 is 1.57 bits per heavy atom. The van der Waals surface area contributed by atoms with E-state index in [0.717, 1.165) is 0 Å². The summed E-state index contributed by atoms with van der Waals surface area (Å²) in [5.74, 6) is -0.336. The number of hydrogen-bond acceptors (Lipinski definition) is 4. The van der Waals surface area contributed by atoms with E-state index in [9.17, 15) is 4.79 Å². The lowest BCUT2D eigenvalue weighted by Crippen LogP contribution is -2.27. The number of anilines is 1. The fourth-order valence-electron chi connectivity index (χ4n) is 1.18. The van der Waals surface area contributed by atoms with Crippen molar-refractivity contribution in [2.24, 2.45) is 11.7 Å². The zero-order valence-electron chi connectivity index (χ0n) is 8.74. The van der Waals surface area contributed by atoms with Gasteiger partial charge in [0.15, 0.2) is 0 Å². The molecule has 14 heavy (non-hydrogen) atoms.